The molecule has 1 atom stereocenters. The van der Waals surface area contributed by atoms with Crippen molar-refractivity contribution in [1.82, 2.24) is 0 Å². The first-order valence-corrected chi connectivity index (χ1v) is 13.5. The topological polar surface area (TPSA) is 67.4 Å². The molecule has 0 bridgehead atoms. The van der Waals surface area contributed by atoms with E-state index in [2.05, 4.69) is 47.3 Å². The summed E-state index contributed by atoms with van der Waals surface area (Å²) in [6, 6.07) is 14.3. The van der Waals surface area contributed by atoms with Crippen LogP contribution in [0.25, 0.3) is 0 Å². The van der Waals surface area contributed by atoms with Crippen molar-refractivity contribution in [2.75, 3.05) is 17.2 Å². The fourth-order valence-corrected chi connectivity index (χ4v) is 6.03. The van der Waals surface area contributed by atoms with Gasteiger partial charge in [-0.1, -0.05) is 54.4 Å². The van der Waals surface area contributed by atoms with Gasteiger partial charge in [-0.25, -0.2) is 0 Å². The number of ether oxygens (including phenoxy) is 1. The molecule has 0 aliphatic heterocycles. The number of carbonyl (C=O) groups excluding carboxylic acids is 2. The van der Waals surface area contributed by atoms with Gasteiger partial charge in [0.25, 0.3) is 11.8 Å². The number of nitrogens with one attached hydrogen (secondary N) is 2. The molecule has 0 saturated heterocycles. The van der Waals surface area contributed by atoms with Gasteiger partial charge in [-0.15, -0.1) is 11.3 Å². The van der Waals surface area contributed by atoms with E-state index in [0.717, 1.165) is 29.3 Å². The predicted octanol–water partition coefficient (Wildman–Crippen LogP) is 7.58. The molecule has 184 valence electrons. The molecule has 8 heteroatoms. The van der Waals surface area contributed by atoms with Crippen LogP contribution in [-0.4, -0.2) is 18.4 Å². The van der Waals surface area contributed by atoms with Crippen LogP contribution in [0.4, 0.5) is 10.7 Å². The Morgan fingerprint density at radius 1 is 1.14 bits per heavy atom. The first kappa shape index (κ1) is 25.7. The van der Waals surface area contributed by atoms with Crippen LogP contribution in [-0.2, 0) is 17.6 Å². The number of anilines is 2. The summed E-state index contributed by atoms with van der Waals surface area (Å²) in [7, 11) is 0. The van der Waals surface area contributed by atoms with E-state index in [9.17, 15) is 9.59 Å². The van der Waals surface area contributed by atoms with E-state index >= 15 is 0 Å². The van der Waals surface area contributed by atoms with Crippen molar-refractivity contribution in [3.8, 4) is 5.75 Å². The number of thiophene rings is 1. The maximum atomic E-state index is 13.4. The Labute approximate surface area is 223 Å². The summed E-state index contributed by atoms with van der Waals surface area (Å²) in [6.07, 6.45) is 2.72. The van der Waals surface area contributed by atoms with E-state index < -0.39 is 0 Å². The van der Waals surface area contributed by atoms with Gasteiger partial charge >= 0.3 is 0 Å². The smallest absolute Gasteiger partial charge is 0.262 e. The van der Waals surface area contributed by atoms with Crippen LogP contribution in [0.2, 0.25) is 5.02 Å². The Morgan fingerprint density at radius 2 is 1.89 bits per heavy atom. The van der Waals surface area contributed by atoms with Gasteiger partial charge in [0.05, 0.1) is 5.56 Å². The van der Waals surface area contributed by atoms with Crippen LogP contribution in [0.15, 0.2) is 53.0 Å². The summed E-state index contributed by atoms with van der Waals surface area (Å²) < 4.78 is 6.53. The van der Waals surface area contributed by atoms with Crippen molar-refractivity contribution in [3.05, 3.63) is 74.0 Å². The molecule has 2 aromatic carbocycles. The molecule has 0 saturated carbocycles. The summed E-state index contributed by atoms with van der Waals surface area (Å²) in [5, 5.41) is 7.03. The van der Waals surface area contributed by atoms with Crippen LogP contribution in [0.3, 0.4) is 0 Å². The third kappa shape index (κ3) is 6.46. The van der Waals surface area contributed by atoms with Crippen molar-refractivity contribution in [2.24, 2.45) is 11.3 Å². The van der Waals surface area contributed by atoms with Gasteiger partial charge in [0, 0.05) is 20.1 Å². The molecule has 3 aromatic rings. The lowest BCUT2D eigenvalue weighted by Gasteiger charge is -2.33. The zero-order valence-electron chi connectivity index (χ0n) is 19.9. The highest BCUT2D eigenvalue weighted by Crippen LogP contribution is 2.44. The van der Waals surface area contributed by atoms with Gasteiger partial charge in [-0.2, -0.15) is 0 Å². The summed E-state index contributed by atoms with van der Waals surface area (Å²) in [6.45, 7) is 6.59. The minimum absolute atomic E-state index is 0.176. The summed E-state index contributed by atoms with van der Waals surface area (Å²) in [5.74, 6) is 0.490. The number of rotatable bonds is 6. The van der Waals surface area contributed by atoms with E-state index in [4.69, 9.17) is 16.3 Å². The lowest BCUT2D eigenvalue weighted by atomic mass is 9.72. The van der Waals surface area contributed by atoms with E-state index in [0.29, 0.717) is 32.9 Å². The fourth-order valence-electron chi connectivity index (χ4n) is 4.25. The normalized spacial score (nSPS) is 15.3. The summed E-state index contributed by atoms with van der Waals surface area (Å²) in [4.78, 5) is 27.4. The number of hydrogen-bond acceptors (Lipinski definition) is 4. The highest BCUT2D eigenvalue weighted by atomic mass is 79.9. The third-order valence-corrected chi connectivity index (χ3v) is 8.17. The second-order valence-corrected chi connectivity index (χ2v) is 12.2. The average molecular weight is 576 g/mol. The molecule has 1 aliphatic rings. The molecule has 2 amide bonds. The summed E-state index contributed by atoms with van der Waals surface area (Å²) >= 11 is 10.9. The quantitative estimate of drug-likeness (QED) is 0.318. The molecule has 4 rings (SSSR count). The van der Waals surface area contributed by atoms with Gasteiger partial charge in [-0.05, 0) is 78.6 Å². The van der Waals surface area contributed by atoms with Crippen LogP contribution in [0.1, 0.15) is 48.0 Å². The number of amides is 2. The Kier molecular flexibility index (Phi) is 7.89. The molecule has 1 aromatic heterocycles. The standard InChI is InChI=1S/C27H28BrClN2O3S/c1-27(2,3)16-7-12-21-22(13-16)35-26(24(21)25(33)30-19-10-8-17(28)9-11-19)31-23(32)15-34-20-6-4-5-18(29)14-20/h4-6,8-11,14,16H,7,12-13,15H2,1-3H3,(H,30,33)(H,31,32). The van der Waals surface area contributed by atoms with E-state index in [-0.39, 0.29) is 23.8 Å². The second-order valence-electron chi connectivity index (χ2n) is 9.77. The minimum atomic E-state index is -0.325. The molecule has 2 N–H and O–H groups in total. The Bertz CT molecular complexity index is 1230. The SMILES string of the molecule is CC(C)(C)C1CCc2c(sc(NC(=O)COc3cccc(Cl)c3)c2C(=O)Nc2ccc(Br)cc2)C1. The molecular weight excluding hydrogens is 548 g/mol. The summed E-state index contributed by atoms with van der Waals surface area (Å²) in [5.41, 5.74) is 2.46. The monoisotopic (exact) mass is 574 g/mol. The molecular formula is C27H28BrClN2O3S. The number of benzene rings is 2. The molecule has 35 heavy (non-hydrogen) atoms. The molecule has 0 radical (unpaired) electrons. The van der Waals surface area contributed by atoms with Gasteiger partial charge in [0.2, 0.25) is 0 Å². The molecule has 5 nitrogen and oxygen atoms in total. The van der Waals surface area contributed by atoms with Gasteiger partial charge in [-0.3, -0.25) is 9.59 Å². The number of fused-ring (bicyclic) bond motifs is 1. The third-order valence-electron chi connectivity index (χ3n) is 6.24. The number of halogens is 2. The van der Waals surface area contributed by atoms with E-state index in [1.807, 2.05) is 24.3 Å². The largest absolute Gasteiger partial charge is 0.484 e. The Hall–Kier alpha value is -2.35. The number of carbonyl (C=O) groups is 2. The zero-order valence-corrected chi connectivity index (χ0v) is 23.1. The van der Waals surface area contributed by atoms with Crippen molar-refractivity contribution in [1.29, 1.82) is 0 Å². The molecule has 1 aliphatic carbocycles. The van der Waals surface area contributed by atoms with Crippen LogP contribution in [0.5, 0.6) is 5.75 Å². The lowest BCUT2D eigenvalue weighted by Crippen LogP contribution is -2.27. The Balaban J connectivity index is 1.57. The number of hydrogen-bond donors (Lipinski definition) is 2. The zero-order chi connectivity index (χ0) is 25.2. The minimum Gasteiger partial charge on any atom is -0.484 e. The highest BCUT2D eigenvalue weighted by Gasteiger charge is 2.34. The van der Waals surface area contributed by atoms with Crippen LogP contribution >= 0.6 is 38.9 Å². The van der Waals surface area contributed by atoms with Crippen molar-refractivity contribution in [2.45, 2.75) is 40.0 Å². The first-order valence-electron chi connectivity index (χ1n) is 11.5. The van der Waals surface area contributed by atoms with E-state index in [1.54, 1.807) is 24.3 Å². The van der Waals surface area contributed by atoms with Crippen LogP contribution in [0, 0.1) is 11.3 Å². The molecule has 1 heterocycles. The molecule has 0 fully saturated rings. The predicted molar refractivity (Wildman–Crippen MR) is 147 cm³/mol. The second kappa shape index (κ2) is 10.7. The van der Waals surface area contributed by atoms with Gasteiger partial charge in [0.15, 0.2) is 6.61 Å². The van der Waals surface area contributed by atoms with Crippen LogP contribution < -0.4 is 15.4 Å². The molecule has 1 unspecified atom stereocenters. The van der Waals surface area contributed by atoms with Gasteiger partial charge < -0.3 is 15.4 Å². The Morgan fingerprint density at radius 3 is 2.57 bits per heavy atom. The van der Waals surface area contributed by atoms with Crippen molar-refractivity contribution < 1.29 is 14.3 Å². The maximum Gasteiger partial charge on any atom is 0.262 e. The van der Waals surface area contributed by atoms with Crippen molar-refractivity contribution in [3.63, 3.8) is 0 Å². The first-order chi connectivity index (χ1) is 16.6. The van der Waals surface area contributed by atoms with Crippen molar-refractivity contribution >= 4 is 61.4 Å². The van der Waals surface area contributed by atoms with Gasteiger partial charge in [0.1, 0.15) is 10.8 Å². The lowest BCUT2D eigenvalue weighted by molar-refractivity contribution is -0.118. The maximum absolute atomic E-state index is 13.4. The fraction of sp³-hybridized carbons (Fsp3) is 0.333. The average Bonchev–Trinajstić information content (AvgIpc) is 3.15. The van der Waals surface area contributed by atoms with E-state index in [1.165, 1.54) is 16.2 Å². The molecule has 0 spiro atoms. The highest BCUT2D eigenvalue weighted by molar-refractivity contribution is 9.10.